The van der Waals surface area contributed by atoms with Crippen molar-refractivity contribution < 1.29 is 13.2 Å². The summed E-state index contributed by atoms with van der Waals surface area (Å²) in [7, 11) is -4.04. The lowest BCUT2D eigenvalue weighted by atomic mass is 10.1. The van der Waals surface area contributed by atoms with Crippen LogP contribution in [0.2, 0.25) is 5.02 Å². The molecule has 6 nitrogen and oxygen atoms in total. The van der Waals surface area contributed by atoms with E-state index in [1.54, 1.807) is 42.5 Å². The van der Waals surface area contributed by atoms with Crippen LogP contribution in [0.25, 0.3) is 21.8 Å². The van der Waals surface area contributed by atoms with Crippen molar-refractivity contribution in [3.8, 4) is 0 Å². The van der Waals surface area contributed by atoms with E-state index >= 15 is 0 Å². The molecule has 0 bridgehead atoms. The lowest BCUT2D eigenvalue weighted by Gasteiger charge is -2.24. The first-order valence-electron chi connectivity index (χ1n) is 12.4. The van der Waals surface area contributed by atoms with Gasteiger partial charge in [-0.05, 0) is 74.9 Å². The molecule has 0 fully saturated rings. The lowest BCUT2D eigenvalue weighted by molar-refractivity contribution is -0.114. The molecule has 8 heteroatoms. The van der Waals surface area contributed by atoms with Gasteiger partial charge in [0.1, 0.15) is 6.54 Å². The summed E-state index contributed by atoms with van der Waals surface area (Å²) in [6.07, 6.45) is 0. The van der Waals surface area contributed by atoms with E-state index in [4.69, 9.17) is 11.6 Å². The van der Waals surface area contributed by atoms with Gasteiger partial charge in [0.05, 0.1) is 10.6 Å². The standard InChI is InChI=1S/C30H28ClN3O3S/c1-4-33-28-8-6-5-7-25(28)26-17-22(12-16-29(26)33)32-30(35)19-34(23-13-11-21(3)27(31)18-23)38(36,37)24-14-9-20(2)10-15-24/h5-18H,4,19H2,1-3H3,(H,32,35). The van der Waals surface area contributed by atoms with E-state index in [0.717, 1.165) is 43.8 Å². The second-order valence-corrected chi connectivity index (χ2v) is 11.6. The summed E-state index contributed by atoms with van der Waals surface area (Å²) in [5.74, 6) is -0.462. The number of fused-ring (bicyclic) bond motifs is 3. The van der Waals surface area contributed by atoms with Gasteiger partial charge >= 0.3 is 0 Å². The summed E-state index contributed by atoms with van der Waals surface area (Å²) in [5, 5.41) is 5.44. The number of anilines is 2. The highest BCUT2D eigenvalue weighted by Crippen LogP contribution is 2.32. The first-order valence-corrected chi connectivity index (χ1v) is 14.2. The molecule has 1 amide bonds. The molecule has 1 heterocycles. The molecule has 0 unspecified atom stereocenters. The lowest BCUT2D eigenvalue weighted by Crippen LogP contribution is -2.38. The van der Waals surface area contributed by atoms with Crippen LogP contribution in [0.5, 0.6) is 0 Å². The number of para-hydroxylation sites is 1. The van der Waals surface area contributed by atoms with Crippen LogP contribution in [0, 0.1) is 13.8 Å². The van der Waals surface area contributed by atoms with Gasteiger partial charge in [-0.15, -0.1) is 0 Å². The Kier molecular flexibility index (Phi) is 6.90. The van der Waals surface area contributed by atoms with E-state index in [9.17, 15) is 13.2 Å². The molecule has 0 aliphatic heterocycles. The van der Waals surface area contributed by atoms with E-state index in [1.807, 2.05) is 44.2 Å². The van der Waals surface area contributed by atoms with Gasteiger partial charge in [-0.25, -0.2) is 8.42 Å². The molecule has 1 N–H and O–H groups in total. The zero-order valence-corrected chi connectivity index (χ0v) is 23.0. The molecule has 0 spiro atoms. The van der Waals surface area contributed by atoms with Crippen molar-refractivity contribution >= 4 is 60.7 Å². The van der Waals surface area contributed by atoms with Gasteiger partial charge in [0, 0.05) is 39.1 Å². The zero-order chi connectivity index (χ0) is 27.0. The van der Waals surface area contributed by atoms with Crippen molar-refractivity contribution in [2.45, 2.75) is 32.2 Å². The average molecular weight is 546 g/mol. The fraction of sp³-hybridized carbons (Fsp3) is 0.167. The van der Waals surface area contributed by atoms with Crippen molar-refractivity contribution in [1.29, 1.82) is 0 Å². The van der Waals surface area contributed by atoms with Crippen molar-refractivity contribution in [2.24, 2.45) is 0 Å². The van der Waals surface area contributed by atoms with Gasteiger partial charge < -0.3 is 9.88 Å². The van der Waals surface area contributed by atoms with Gasteiger partial charge in [-0.1, -0.05) is 53.6 Å². The normalized spacial score (nSPS) is 11.7. The Morgan fingerprint density at radius 3 is 2.32 bits per heavy atom. The average Bonchev–Trinajstić information content (AvgIpc) is 3.22. The number of hydrogen-bond donors (Lipinski definition) is 1. The minimum atomic E-state index is -4.04. The maximum Gasteiger partial charge on any atom is 0.264 e. The highest BCUT2D eigenvalue weighted by Gasteiger charge is 2.28. The molecule has 0 saturated carbocycles. The highest BCUT2D eigenvalue weighted by atomic mass is 35.5. The predicted octanol–water partition coefficient (Wildman–Crippen LogP) is 6.92. The second kappa shape index (κ2) is 10.2. The molecule has 5 aromatic rings. The number of amides is 1. The van der Waals surface area contributed by atoms with E-state index in [-0.39, 0.29) is 4.90 Å². The van der Waals surface area contributed by atoms with E-state index in [0.29, 0.717) is 16.4 Å². The molecule has 194 valence electrons. The quantitative estimate of drug-likeness (QED) is 0.241. The number of aromatic nitrogens is 1. The van der Waals surface area contributed by atoms with Crippen LogP contribution in [0.3, 0.4) is 0 Å². The topological polar surface area (TPSA) is 71.4 Å². The fourth-order valence-electron chi connectivity index (χ4n) is 4.69. The zero-order valence-electron chi connectivity index (χ0n) is 21.4. The summed E-state index contributed by atoms with van der Waals surface area (Å²) in [6.45, 7) is 6.23. The van der Waals surface area contributed by atoms with Crippen LogP contribution in [-0.4, -0.2) is 25.4 Å². The third-order valence-electron chi connectivity index (χ3n) is 6.71. The van der Waals surface area contributed by atoms with E-state index in [1.165, 1.54) is 0 Å². The molecule has 38 heavy (non-hydrogen) atoms. The van der Waals surface area contributed by atoms with Crippen molar-refractivity contribution in [3.05, 3.63) is 101 Å². The fourth-order valence-corrected chi connectivity index (χ4v) is 6.28. The summed E-state index contributed by atoms with van der Waals surface area (Å²) in [5.41, 5.74) is 4.86. The van der Waals surface area contributed by atoms with Crippen molar-refractivity contribution in [2.75, 3.05) is 16.2 Å². The number of carbonyl (C=O) groups excluding carboxylic acids is 1. The van der Waals surface area contributed by atoms with Crippen LogP contribution < -0.4 is 9.62 Å². The molecular formula is C30H28ClN3O3S. The van der Waals surface area contributed by atoms with Crippen molar-refractivity contribution in [3.63, 3.8) is 0 Å². The first-order chi connectivity index (χ1) is 18.2. The number of sulfonamides is 1. The first kappa shape index (κ1) is 25.8. The summed E-state index contributed by atoms with van der Waals surface area (Å²) < 4.78 is 30.7. The molecule has 1 aromatic heterocycles. The third-order valence-corrected chi connectivity index (χ3v) is 8.91. The molecule has 4 aromatic carbocycles. The summed E-state index contributed by atoms with van der Waals surface area (Å²) in [6, 6.07) is 25.4. The summed E-state index contributed by atoms with van der Waals surface area (Å²) in [4.78, 5) is 13.4. The number of carbonyl (C=O) groups is 1. The highest BCUT2D eigenvalue weighted by molar-refractivity contribution is 7.92. The molecular weight excluding hydrogens is 518 g/mol. The Bertz CT molecular complexity index is 1780. The maximum atomic E-state index is 13.7. The van der Waals surface area contributed by atoms with Gasteiger partial charge in [-0.3, -0.25) is 9.10 Å². The SMILES string of the molecule is CCn1c2ccccc2c2cc(NC(=O)CN(c3ccc(C)c(Cl)c3)S(=O)(=O)c3ccc(C)cc3)ccc21. The smallest absolute Gasteiger partial charge is 0.264 e. The van der Waals surface area contributed by atoms with Crippen LogP contribution in [-0.2, 0) is 21.4 Å². The molecule has 0 aliphatic rings. The summed E-state index contributed by atoms with van der Waals surface area (Å²) >= 11 is 6.33. The van der Waals surface area contributed by atoms with Gasteiger partial charge in [0.15, 0.2) is 0 Å². The number of nitrogens with zero attached hydrogens (tertiary/aromatic N) is 2. The maximum absolute atomic E-state index is 13.7. The number of benzene rings is 4. The Morgan fingerprint density at radius 1 is 0.895 bits per heavy atom. The minimum absolute atomic E-state index is 0.0985. The Balaban J connectivity index is 1.49. The van der Waals surface area contributed by atoms with Crippen LogP contribution in [0.4, 0.5) is 11.4 Å². The van der Waals surface area contributed by atoms with Crippen LogP contribution in [0.15, 0.2) is 89.8 Å². The Hall–Kier alpha value is -3.81. The molecule has 0 aliphatic carbocycles. The van der Waals surface area contributed by atoms with Gasteiger partial charge in [0.25, 0.3) is 10.0 Å². The second-order valence-electron chi connectivity index (χ2n) is 9.30. The molecule has 0 atom stereocenters. The van der Waals surface area contributed by atoms with Gasteiger partial charge in [0.2, 0.25) is 5.91 Å². The Labute approximate surface area is 227 Å². The van der Waals surface area contributed by atoms with Crippen LogP contribution >= 0.6 is 11.6 Å². The van der Waals surface area contributed by atoms with Crippen molar-refractivity contribution in [1.82, 2.24) is 4.57 Å². The molecule has 0 radical (unpaired) electrons. The predicted molar refractivity (Wildman–Crippen MR) is 156 cm³/mol. The number of aryl methyl sites for hydroxylation is 3. The monoisotopic (exact) mass is 545 g/mol. The number of nitrogens with one attached hydrogen (secondary N) is 1. The largest absolute Gasteiger partial charge is 0.341 e. The van der Waals surface area contributed by atoms with E-state index in [2.05, 4.69) is 28.9 Å². The van der Waals surface area contributed by atoms with Gasteiger partial charge in [-0.2, -0.15) is 0 Å². The minimum Gasteiger partial charge on any atom is -0.341 e. The molecule has 0 saturated heterocycles. The number of hydrogen-bond acceptors (Lipinski definition) is 3. The number of halogens is 1. The third kappa shape index (κ3) is 4.75. The van der Waals surface area contributed by atoms with E-state index < -0.39 is 22.5 Å². The molecule has 5 rings (SSSR count). The Morgan fingerprint density at radius 2 is 1.61 bits per heavy atom. The number of rotatable bonds is 7. The van der Waals surface area contributed by atoms with Crippen LogP contribution in [0.1, 0.15) is 18.1 Å².